The van der Waals surface area contributed by atoms with Gasteiger partial charge in [-0.2, -0.15) is 5.26 Å². The van der Waals surface area contributed by atoms with Crippen molar-refractivity contribution in [2.75, 3.05) is 18.4 Å². The molecular formula is C18H26N4. The summed E-state index contributed by atoms with van der Waals surface area (Å²) in [5.74, 6) is 0.822. The highest BCUT2D eigenvalue weighted by atomic mass is 15.2. The lowest BCUT2D eigenvalue weighted by Crippen LogP contribution is -2.45. The molecule has 0 spiro atoms. The van der Waals surface area contributed by atoms with E-state index in [0.29, 0.717) is 5.69 Å². The van der Waals surface area contributed by atoms with Gasteiger partial charge in [-0.05, 0) is 50.8 Å². The molecule has 1 N–H and O–H groups in total. The molecule has 1 saturated heterocycles. The molecule has 2 fully saturated rings. The molecule has 0 aromatic carbocycles. The average molecular weight is 298 g/mol. The minimum atomic E-state index is 0.482. The van der Waals surface area contributed by atoms with Gasteiger partial charge in [0, 0.05) is 18.6 Å². The zero-order valence-electron chi connectivity index (χ0n) is 13.3. The Bertz CT molecular complexity index is 516. The van der Waals surface area contributed by atoms with Gasteiger partial charge in [0.1, 0.15) is 17.6 Å². The van der Waals surface area contributed by atoms with Crippen molar-refractivity contribution in [1.29, 1.82) is 5.26 Å². The molecule has 2 heterocycles. The largest absolute Gasteiger partial charge is 0.370 e. The van der Waals surface area contributed by atoms with Gasteiger partial charge in [0.25, 0.3) is 0 Å². The Labute approximate surface area is 133 Å². The third-order valence-electron chi connectivity index (χ3n) is 5.11. The first-order valence-corrected chi connectivity index (χ1v) is 8.73. The lowest BCUT2D eigenvalue weighted by atomic mass is 9.96. The Morgan fingerprint density at radius 3 is 2.82 bits per heavy atom. The highest BCUT2D eigenvalue weighted by molar-refractivity contribution is 5.38. The number of hydrogen-bond donors (Lipinski definition) is 1. The van der Waals surface area contributed by atoms with Gasteiger partial charge < -0.3 is 5.32 Å². The molecule has 1 aliphatic heterocycles. The van der Waals surface area contributed by atoms with Crippen molar-refractivity contribution in [3.8, 4) is 6.07 Å². The van der Waals surface area contributed by atoms with Gasteiger partial charge in [0.05, 0.1) is 0 Å². The van der Waals surface area contributed by atoms with Gasteiger partial charge >= 0.3 is 0 Å². The van der Waals surface area contributed by atoms with Crippen molar-refractivity contribution in [3.05, 3.63) is 23.9 Å². The van der Waals surface area contributed by atoms with Crippen molar-refractivity contribution in [2.24, 2.45) is 0 Å². The van der Waals surface area contributed by atoms with Gasteiger partial charge in [-0.3, -0.25) is 4.90 Å². The molecule has 3 rings (SSSR count). The number of nitriles is 1. The van der Waals surface area contributed by atoms with Crippen LogP contribution in [0.3, 0.4) is 0 Å². The number of likely N-dealkylation sites (tertiary alicyclic amines) is 1. The Kier molecular flexibility index (Phi) is 5.29. The predicted molar refractivity (Wildman–Crippen MR) is 88.7 cm³/mol. The van der Waals surface area contributed by atoms with Crippen LogP contribution in [0.4, 0.5) is 5.82 Å². The van der Waals surface area contributed by atoms with Crippen LogP contribution in [-0.4, -0.2) is 35.1 Å². The summed E-state index contributed by atoms with van der Waals surface area (Å²) in [7, 11) is 0. The molecule has 1 aromatic heterocycles. The molecule has 22 heavy (non-hydrogen) atoms. The smallest absolute Gasteiger partial charge is 0.142 e. The molecule has 0 radical (unpaired) electrons. The van der Waals surface area contributed by atoms with E-state index in [-0.39, 0.29) is 0 Å². The standard InChI is InChI=1S/C18H26N4/c19-14-15-6-5-10-18(21-15)20-12-11-17-9-3-4-13-22(17)16-7-1-2-8-16/h5-6,10,16-17H,1-4,7-9,11-13H2,(H,20,21)/t17-/m0/s1. The summed E-state index contributed by atoms with van der Waals surface area (Å²) >= 11 is 0. The third-order valence-corrected chi connectivity index (χ3v) is 5.11. The van der Waals surface area contributed by atoms with Crippen LogP contribution < -0.4 is 5.32 Å². The van der Waals surface area contributed by atoms with Gasteiger partial charge in [0.2, 0.25) is 0 Å². The second kappa shape index (κ2) is 7.60. The number of aromatic nitrogens is 1. The van der Waals surface area contributed by atoms with Crippen molar-refractivity contribution in [1.82, 2.24) is 9.88 Å². The first-order valence-electron chi connectivity index (χ1n) is 8.73. The van der Waals surface area contributed by atoms with Gasteiger partial charge in [0.15, 0.2) is 0 Å². The molecular weight excluding hydrogens is 272 g/mol. The monoisotopic (exact) mass is 298 g/mol. The fourth-order valence-corrected chi connectivity index (χ4v) is 4.01. The Hall–Kier alpha value is -1.60. The summed E-state index contributed by atoms with van der Waals surface area (Å²) < 4.78 is 0. The molecule has 1 atom stereocenters. The van der Waals surface area contributed by atoms with Gasteiger partial charge in [-0.15, -0.1) is 0 Å². The quantitative estimate of drug-likeness (QED) is 0.903. The number of nitrogens with one attached hydrogen (secondary N) is 1. The molecule has 1 saturated carbocycles. The first kappa shape index (κ1) is 15.3. The molecule has 1 aliphatic carbocycles. The van der Waals surface area contributed by atoms with Crippen molar-refractivity contribution in [3.63, 3.8) is 0 Å². The van der Waals surface area contributed by atoms with Crippen LogP contribution in [0, 0.1) is 11.3 Å². The van der Waals surface area contributed by atoms with E-state index in [1.165, 1.54) is 57.9 Å². The molecule has 2 aliphatic rings. The van der Waals surface area contributed by atoms with Gasteiger partial charge in [-0.25, -0.2) is 4.98 Å². The van der Waals surface area contributed by atoms with Gasteiger partial charge in [-0.1, -0.05) is 25.3 Å². The van der Waals surface area contributed by atoms with E-state index in [9.17, 15) is 0 Å². The van der Waals surface area contributed by atoms with E-state index >= 15 is 0 Å². The van der Waals surface area contributed by atoms with Crippen molar-refractivity contribution < 1.29 is 0 Å². The molecule has 0 bridgehead atoms. The minimum absolute atomic E-state index is 0.482. The van der Waals surface area contributed by atoms with Crippen LogP contribution in [0.15, 0.2) is 18.2 Å². The SMILES string of the molecule is N#Cc1cccc(NCC[C@@H]2CCCCN2C2CCCC2)n1. The highest BCUT2D eigenvalue weighted by Gasteiger charge is 2.30. The topological polar surface area (TPSA) is 52.0 Å². The van der Waals surface area contributed by atoms with Crippen molar-refractivity contribution in [2.45, 2.75) is 63.5 Å². The molecule has 118 valence electrons. The lowest BCUT2D eigenvalue weighted by molar-refractivity contribution is 0.0933. The molecule has 1 aromatic rings. The summed E-state index contributed by atoms with van der Waals surface area (Å²) in [6, 6.07) is 9.23. The van der Waals surface area contributed by atoms with Crippen LogP contribution in [0.1, 0.15) is 57.1 Å². The zero-order chi connectivity index (χ0) is 15.2. The minimum Gasteiger partial charge on any atom is -0.370 e. The van der Waals surface area contributed by atoms with E-state index in [2.05, 4.69) is 21.3 Å². The van der Waals surface area contributed by atoms with E-state index < -0.39 is 0 Å². The number of hydrogen-bond acceptors (Lipinski definition) is 4. The molecule has 0 amide bonds. The number of piperidine rings is 1. The Morgan fingerprint density at radius 1 is 1.18 bits per heavy atom. The summed E-state index contributed by atoms with van der Waals surface area (Å²) in [4.78, 5) is 7.07. The van der Waals surface area contributed by atoms with E-state index in [0.717, 1.165) is 24.4 Å². The normalized spacial score (nSPS) is 23.3. The van der Waals surface area contributed by atoms with Crippen molar-refractivity contribution >= 4 is 5.82 Å². The van der Waals surface area contributed by atoms with Crippen LogP contribution >= 0.6 is 0 Å². The van der Waals surface area contributed by atoms with Crippen LogP contribution in [0.2, 0.25) is 0 Å². The Morgan fingerprint density at radius 2 is 2.00 bits per heavy atom. The highest BCUT2D eigenvalue weighted by Crippen LogP contribution is 2.30. The van der Waals surface area contributed by atoms with E-state index in [4.69, 9.17) is 5.26 Å². The fourth-order valence-electron chi connectivity index (χ4n) is 4.01. The maximum Gasteiger partial charge on any atom is 0.142 e. The summed E-state index contributed by atoms with van der Waals surface area (Å²) in [6.07, 6.45) is 10.9. The van der Waals surface area contributed by atoms with E-state index in [1.54, 1.807) is 6.07 Å². The summed E-state index contributed by atoms with van der Waals surface area (Å²) in [6.45, 7) is 2.23. The second-order valence-corrected chi connectivity index (χ2v) is 6.56. The molecule has 4 heteroatoms. The zero-order valence-corrected chi connectivity index (χ0v) is 13.3. The summed E-state index contributed by atoms with van der Waals surface area (Å²) in [5, 5.41) is 12.3. The molecule has 4 nitrogen and oxygen atoms in total. The van der Waals surface area contributed by atoms with E-state index in [1.807, 2.05) is 12.1 Å². The van der Waals surface area contributed by atoms with Crippen LogP contribution in [-0.2, 0) is 0 Å². The molecule has 0 unspecified atom stereocenters. The van der Waals surface area contributed by atoms with Crippen LogP contribution in [0.5, 0.6) is 0 Å². The number of nitrogens with zero attached hydrogens (tertiary/aromatic N) is 3. The first-order chi connectivity index (χ1) is 10.9. The third kappa shape index (κ3) is 3.78. The number of pyridine rings is 1. The second-order valence-electron chi connectivity index (χ2n) is 6.56. The number of anilines is 1. The number of rotatable bonds is 5. The van der Waals surface area contributed by atoms with Crippen LogP contribution in [0.25, 0.3) is 0 Å². The predicted octanol–water partition coefficient (Wildman–Crippen LogP) is 3.55. The average Bonchev–Trinajstić information content (AvgIpc) is 3.10. The maximum absolute atomic E-state index is 8.90. The summed E-state index contributed by atoms with van der Waals surface area (Å²) in [5.41, 5.74) is 0.482. The maximum atomic E-state index is 8.90. The fraction of sp³-hybridized carbons (Fsp3) is 0.667. The Balaban J connectivity index is 1.51. The lowest BCUT2D eigenvalue weighted by Gasteiger charge is -2.40.